The molecule has 0 aliphatic carbocycles. The molecule has 1 N–H and O–H groups in total. The zero-order valence-corrected chi connectivity index (χ0v) is 13.9. The quantitative estimate of drug-likeness (QED) is 0.385. The predicted octanol–water partition coefficient (Wildman–Crippen LogP) is 5.16. The Kier molecular flexibility index (Phi) is 5.45. The number of ether oxygens (including phenoxy) is 1. The third kappa shape index (κ3) is 4.46. The van der Waals surface area contributed by atoms with Crippen LogP contribution in [0.2, 0.25) is 0 Å². The van der Waals surface area contributed by atoms with Crippen LogP contribution in [0.3, 0.4) is 0 Å². The Labute approximate surface area is 148 Å². The molecule has 1 atom stereocenters. The van der Waals surface area contributed by atoms with Gasteiger partial charge in [0.1, 0.15) is 5.75 Å². The average Bonchev–Trinajstić information content (AvgIpc) is 2.68. The van der Waals surface area contributed by atoms with E-state index in [-0.39, 0.29) is 0 Å². The summed E-state index contributed by atoms with van der Waals surface area (Å²) < 4.78 is 5.34. The molecule has 0 fully saturated rings. The zero-order chi connectivity index (χ0) is 17.5. The van der Waals surface area contributed by atoms with E-state index >= 15 is 0 Å². The summed E-state index contributed by atoms with van der Waals surface area (Å²) >= 11 is 0. The molecule has 3 aromatic carbocycles. The summed E-state index contributed by atoms with van der Waals surface area (Å²) in [6.07, 6.45) is 2.52. The van der Waals surface area contributed by atoms with Gasteiger partial charge in [-0.3, -0.25) is 0 Å². The van der Waals surface area contributed by atoms with Gasteiger partial charge in [-0.15, -0.1) is 0 Å². The molecule has 3 rings (SSSR count). The first-order valence-corrected chi connectivity index (χ1v) is 8.16. The smallest absolute Gasteiger partial charge is 0.216 e. The molecular formula is C23H20O2. The lowest BCUT2D eigenvalue weighted by molar-refractivity contribution is 0.0251. The van der Waals surface area contributed by atoms with E-state index in [1.165, 1.54) is 6.08 Å². The van der Waals surface area contributed by atoms with Crippen molar-refractivity contribution in [2.45, 2.75) is 6.29 Å². The summed E-state index contributed by atoms with van der Waals surface area (Å²) in [5, 5.41) is 9.51. The van der Waals surface area contributed by atoms with Crippen molar-refractivity contribution in [2.24, 2.45) is 0 Å². The van der Waals surface area contributed by atoms with Gasteiger partial charge >= 0.3 is 0 Å². The summed E-state index contributed by atoms with van der Waals surface area (Å²) in [4.78, 5) is 0. The second-order valence-electron chi connectivity index (χ2n) is 5.60. The van der Waals surface area contributed by atoms with Gasteiger partial charge in [0, 0.05) is 0 Å². The molecule has 124 valence electrons. The standard InChI is InChI=1S/C23H20O2/c1-2-23(24)25-21-15-13-20(14-16-21)22(19-11-7-4-8-12-19)17-18-9-5-3-6-10-18/h2-17,23-24H,1H2. The normalized spacial score (nSPS) is 12.4. The van der Waals surface area contributed by atoms with Crippen molar-refractivity contribution in [2.75, 3.05) is 0 Å². The van der Waals surface area contributed by atoms with Gasteiger partial charge < -0.3 is 9.84 Å². The van der Waals surface area contributed by atoms with Crippen LogP contribution in [0.5, 0.6) is 5.75 Å². The maximum atomic E-state index is 9.51. The molecule has 0 aromatic heterocycles. The SMILES string of the molecule is C=CC(O)Oc1ccc(C(=Cc2ccccc2)c2ccccc2)cc1. The topological polar surface area (TPSA) is 29.5 Å². The van der Waals surface area contributed by atoms with Crippen molar-refractivity contribution < 1.29 is 9.84 Å². The second kappa shape index (κ2) is 8.13. The minimum absolute atomic E-state index is 0.600. The molecule has 0 aliphatic heterocycles. The second-order valence-corrected chi connectivity index (χ2v) is 5.60. The van der Waals surface area contributed by atoms with Crippen LogP contribution in [0.1, 0.15) is 16.7 Å². The minimum Gasteiger partial charge on any atom is -0.461 e. The van der Waals surface area contributed by atoms with Crippen molar-refractivity contribution in [3.05, 3.63) is 114 Å². The van der Waals surface area contributed by atoms with Gasteiger partial charge in [-0.2, -0.15) is 0 Å². The lowest BCUT2D eigenvalue weighted by Gasteiger charge is -2.12. The maximum Gasteiger partial charge on any atom is 0.216 e. The van der Waals surface area contributed by atoms with Crippen molar-refractivity contribution in [3.63, 3.8) is 0 Å². The molecule has 25 heavy (non-hydrogen) atoms. The first kappa shape index (κ1) is 16.7. The van der Waals surface area contributed by atoms with Crippen LogP contribution in [0, 0.1) is 0 Å². The minimum atomic E-state index is -1.00. The Bertz CT molecular complexity index is 834. The van der Waals surface area contributed by atoms with Crippen molar-refractivity contribution in [1.29, 1.82) is 0 Å². The van der Waals surface area contributed by atoms with E-state index in [1.807, 2.05) is 60.7 Å². The van der Waals surface area contributed by atoms with Crippen molar-refractivity contribution in [3.8, 4) is 5.75 Å². The highest BCUT2D eigenvalue weighted by Gasteiger charge is 2.07. The van der Waals surface area contributed by atoms with Gasteiger partial charge in [0.25, 0.3) is 0 Å². The van der Waals surface area contributed by atoms with Gasteiger partial charge in [0.15, 0.2) is 0 Å². The first-order chi connectivity index (χ1) is 12.3. The van der Waals surface area contributed by atoms with E-state index in [9.17, 15) is 5.11 Å². The Hall–Kier alpha value is -3.10. The van der Waals surface area contributed by atoms with E-state index < -0.39 is 6.29 Å². The van der Waals surface area contributed by atoms with Gasteiger partial charge in [-0.05, 0) is 46.5 Å². The zero-order valence-electron chi connectivity index (χ0n) is 13.9. The summed E-state index contributed by atoms with van der Waals surface area (Å²) in [5.74, 6) is 0.600. The lowest BCUT2D eigenvalue weighted by atomic mass is 9.95. The van der Waals surface area contributed by atoms with Crippen LogP contribution < -0.4 is 4.74 Å². The molecule has 0 amide bonds. The molecule has 0 bridgehead atoms. The third-order valence-electron chi connectivity index (χ3n) is 3.82. The highest BCUT2D eigenvalue weighted by atomic mass is 16.6. The van der Waals surface area contributed by atoms with Crippen LogP contribution in [-0.2, 0) is 0 Å². The fourth-order valence-electron chi connectivity index (χ4n) is 2.57. The summed E-state index contributed by atoms with van der Waals surface area (Å²) in [7, 11) is 0. The van der Waals surface area contributed by atoms with E-state index in [0.717, 1.165) is 22.3 Å². The van der Waals surface area contributed by atoms with Crippen LogP contribution >= 0.6 is 0 Å². The number of aliphatic hydroxyl groups is 1. The van der Waals surface area contributed by atoms with Gasteiger partial charge in [0.2, 0.25) is 6.29 Å². The van der Waals surface area contributed by atoms with Crippen LogP contribution in [0.25, 0.3) is 11.6 Å². The van der Waals surface area contributed by atoms with Crippen molar-refractivity contribution in [1.82, 2.24) is 0 Å². The Balaban J connectivity index is 1.98. The van der Waals surface area contributed by atoms with E-state index in [1.54, 1.807) is 0 Å². The Morgan fingerprint density at radius 1 is 0.800 bits per heavy atom. The molecule has 0 saturated carbocycles. The maximum absolute atomic E-state index is 9.51. The molecule has 0 aliphatic rings. The summed E-state index contributed by atoms with van der Waals surface area (Å²) in [6, 6.07) is 28.2. The Morgan fingerprint density at radius 3 is 1.96 bits per heavy atom. The highest BCUT2D eigenvalue weighted by Crippen LogP contribution is 2.27. The number of hydrogen-bond donors (Lipinski definition) is 1. The predicted molar refractivity (Wildman–Crippen MR) is 103 cm³/mol. The molecule has 0 radical (unpaired) electrons. The Morgan fingerprint density at radius 2 is 1.36 bits per heavy atom. The van der Waals surface area contributed by atoms with Crippen molar-refractivity contribution >= 4 is 11.6 Å². The number of rotatable bonds is 6. The van der Waals surface area contributed by atoms with Gasteiger partial charge in [-0.25, -0.2) is 0 Å². The molecular weight excluding hydrogens is 308 g/mol. The number of hydrogen-bond acceptors (Lipinski definition) is 2. The lowest BCUT2D eigenvalue weighted by Crippen LogP contribution is -2.11. The van der Waals surface area contributed by atoms with E-state index in [4.69, 9.17) is 4.74 Å². The monoisotopic (exact) mass is 328 g/mol. The first-order valence-electron chi connectivity index (χ1n) is 8.16. The summed E-state index contributed by atoms with van der Waals surface area (Å²) in [6.45, 7) is 3.50. The molecule has 0 heterocycles. The number of benzene rings is 3. The van der Waals surface area contributed by atoms with E-state index in [2.05, 4.69) is 36.9 Å². The molecule has 1 unspecified atom stereocenters. The molecule has 0 saturated heterocycles. The molecule has 0 spiro atoms. The molecule has 3 aromatic rings. The fourth-order valence-corrected chi connectivity index (χ4v) is 2.57. The highest BCUT2D eigenvalue weighted by molar-refractivity contribution is 5.91. The van der Waals surface area contributed by atoms with Crippen LogP contribution in [0.15, 0.2) is 97.6 Å². The molecule has 2 nitrogen and oxygen atoms in total. The van der Waals surface area contributed by atoms with Gasteiger partial charge in [-0.1, -0.05) is 79.4 Å². The summed E-state index contributed by atoms with van der Waals surface area (Å²) in [5.41, 5.74) is 4.49. The number of aliphatic hydroxyl groups excluding tert-OH is 1. The van der Waals surface area contributed by atoms with E-state index in [0.29, 0.717) is 5.75 Å². The van der Waals surface area contributed by atoms with Gasteiger partial charge in [0.05, 0.1) is 0 Å². The molecule has 2 heteroatoms. The van der Waals surface area contributed by atoms with Crippen LogP contribution in [0.4, 0.5) is 0 Å². The van der Waals surface area contributed by atoms with Crippen LogP contribution in [-0.4, -0.2) is 11.4 Å². The largest absolute Gasteiger partial charge is 0.461 e. The average molecular weight is 328 g/mol. The third-order valence-corrected chi connectivity index (χ3v) is 3.82. The fraction of sp³-hybridized carbons (Fsp3) is 0.0435.